The van der Waals surface area contributed by atoms with Crippen molar-refractivity contribution in [2.24, 2.45) is 5.41 Å². The van der Waals surface area contributed by atoms with Crippen LogP contribution in [0.4, 0.5) is 5.69 Å². The van der Waals surface area contributed by atoms with Gasteiger partial charge in [0.25, 0.3) is 0 Å². The first-order chi connectivity index (χ1) is 14.9. The van der Waals surface area contributed by atoms with Crippen molar-refractivity contribution < 1.29 is 9.53 Å². The fourth-order valence-electron chi connectivity index (χ4n) is 4.97. The van der Waals surface area contributed by atoms with Crippen molar-refractivity contribution in [3.8, 4) is 11.4 Å². The molecule has 1 fully saturated rings. The lowest BCUT2D eigenvalue weighted by atomic mass is 9.76. The van der Waals surface area contributed by atoms with Crippen molar-refractivity contribution in [3.05, 3.63) is 35.5 Å². The van der Waals surface area contributed by atoms with Gasteiger partial charge in [-0.3, -0.25) is 9.89 Å². The van der Waals surface area contributed by atoms with E-state index in [9.17, 15) is 4.79 Å². The lowest BCUT2D eigenvalue weighted by molar-refractivity contribution is -0.122. The monoisotopic (exact) mass is 420 g/mol. The summed E-state index contributed by atoms with van der Waals surface area (Å²) >= 11 is 0. The number of rotatable bonds is 4. The van der Waals surface area contributed by atoms with Crippen molar-refractivity contribution in [2.45, 2.75) is 64.9 Å². The van der Waals surface area contributed by atoms with Gasteiger partial charge < -0.3 is 14.6 Å². The molecule has 1 atom stereocenters. The predicted octanol–water partition coefficient (Wildman–Crippen LogP) is 4.99. The van der Waals surface area contributed by atoms with Crippen LogP contribution in [0.15, 0.2) is 24.3 Å². The van der Waals surface area contributed by atoms with Crippen LogP contribution in [0.2, 0.25) is 0 Å². The van der Waals surface area contributed by atoms with Crippen LogP contribution in [0.1, 0.15) is 57.2 Å². The predicted molar refractivity (Wildman–Crippen MR) is 123 cm³/mol. The third-order valence-corrected chi connectivity index (χ3v) is 6.96. The van der Waals surface area contributed by atoms with E-state index in [2.05, 4.69) is 47.2 Å². The number of nitrogens with zero attached hydrogens (tertiary/aromatic N) is 2. The highest BCUT2D eigenvalue weighted by molar-refractivity contribution is 5.96. The van der Waals surface area contributed by atoms with Gasteiger partial charge in [-0.15, -0.1) is 0 Å². The molecule has 0 radical (unpaired) electrons. The lowest BCUT2D eigenvalue weighted by Gasteiger charge is -2.28. The van der Waals surface area contributed by atoms with Crippen LogP contribution in [-0.2, 0) is 22.4 Å². The zero-order valence-electron chi connectivity index (χ0n) is 18.8. The molecule has 164 valence electrons. The molecule has 0 bridgehead atoms. The topological polar surface area (TPSA) is 74.0 Å². The van der Waals surface area contributed by atoms with Gasteiger partial charge in [0.15, 0.2) is 0 Å². The molecule has 3 aromatic rings. The number of amides is 1. The Bertz CT molecular complexity index is 1100. The van der Waals surface area contributed by atoms with E-state index in [1.807, 2.05) is 13.1 Å². The average molecular weight is 421 g/mol. The number of nitrogens with one attached hydrogen (secondary N) is 2. The third-order valence-electron chi connectivity index (χ3n) is 6.96. The highest BCUT2D eigenvalue weighted by atomic mass is 16.5. The average Bonchev–Trinajstić information content (AvgIpc) is 3.35. The Labute approximate surface area is 183 Å². The van der Waals surface area contributed by atoms with Gasteiger partial charge in [-0.2, -0.15) is 5.10 Å². The molecule has 31 heavy (non-hydrogen) atoms. The Morgan fingerprint density at radius 3 is 2.97 bits per heavy atom. The molecular formula is C25H32N4O2. The summed E-state index contributed by atoms with van der Waals surface area (Å²) in [5.74, 6) is 0.0991. The molecule has 0 saturated carbocycles. The molecule has 1 aliphatic heterocycles. The summed E-state index contributed by atoms with van der Waals surface area (Å²) in [7, 11) is 1.85. The van der Waals surface area contributed by atoms with Crippen LogP contribution in [-0.4, -0.2) is 40.8 Å². The molecule has 2 aliphatic rings. The normalized spacial score (nSPS) is 20.5. The lowest BCUT2D eigenvalue weighted by Crippen LogP contribution is -2.32. The van der Waals surface area contributed by atoms with Crippen LogP contribution >= 0.6 is 0 Å². The van der Waals surface area contributed by atoms with E-state index in [4.69, 9.17) is 4.74 Å². The number of fused-ring (bicyclic) bond motifs is 2. The van der Waals surface area contributed by atoms with Gasteiger partial charge in [0.2, 0.25) is 5.91 Å². The maximum absolute atomic E-state index is 12.8. The number of benzene rings is 1. The fourth-order valence-corrected chi connectivity index (χ4v) is 4.97. The smallest absolute Gasteiger partial charge is 0.229 e. The van der Waals surface area contributed by atoms with Crippen LogP contribution in [0.3, 0.4) is 0 Å². The number of hydrogen-bond acceptors (Lipinski definition) is 3. The quantitative estimate of drug-likeness (QED) is 0.624. The third kappa shape index (κ3) is 4.01. The Morgan fingerprint density at radius 2 is 2.16 bits per heavy atom. The molecule has 0 spiro atoms. The molecule has 1 amide bonds. The molecule has 3 heterocycles. The zero-order valence-corrected chi connectivity index (χ0v) is 18.8. The minimum atomic E-state index is 0.0559. The fraction of sp³-hybridized carbons (Fsp3) is 0.520. The molecule has 6 nitrogen and oxygen atoms in total. The molecule has 6 heteroatoms. The summed E-state index contributed by atoms with van der Waals surface area (Å²) in [5.41, 5.74) is 6.91. The summed E-state index contributed by atoms with van der Waals surface area (Å²) in [6.07, 6.45) is 6.99. The number of anilines is 1. The van der Waals surface area contributed by atoms with Crippen molar-refractivity contribution >= 4 is 22.5 Å². The largest absolute Gasteiger partial charge is 0.378 e. The standard InChI is InChI=1S/C25H32N4O2/c1-25(2)10-9-19-22(15-25)27-28-24(19)21-12-16-7-8-17(13-20(16)26-21)29(3)23(30)14-18-6-4-5-11-31-18/h7-8,12-13,18,26H,4-6,9-11,14-15H2,1-3H3,(H,27,28). The number of carbonyl (C=O) groups is 1. The van der Waals surface area contributed by atoms with Crippen molar-refractivity contribution in [2.75, 3.05) is 18.6 Å². The maximum atomic E-state index is 12.8. The van der Waals surface area contributed by atoms with Crippen molar-refractivity contribution in [3.63, 3.8) is 0 Å². The number of H-pyrrole nitrogens is 2. The summed E-state index contributed by atoms with van der Waals surface area (Å²) in [4.78, 5) is 18.1. The Balaban J connectivity index is 1.37. The number of carbonyl (C=O) groups excluding carboxylic acids is 1. The SMILES string of the molecule is CN(C(=O)CC1CCCCO1)c1ccc2cc(-c3n[nH]c4c3CCC(C)(C)C4)[nH]c2c1. The van der Waals surface area contributed by atoms with Gasteiger partial charge >= 0.3 is 0 Å². The Kier molecular flexibility index (Phi) is 5.13. The first-order valence-corrected chi connectivity index (χ1v) is 11.5. The molecule has 1 aliphatic carbocycles. The minimum Gasteiger partial charge on any atom is -0.378 e. The number of ether oxygens (including phenoxy) is 1. The van der Waals surface area contributed by atoms with Gasteiger partial charge in [-0.05, 0) is 62.1 Å². The zero-order chi connectivity index (χ0) is 21.6. The Morgan fingerprint density at radius 1 is 1.29 bits per heavy atom. The first-order valence-electron chi connectivity index (χ1n) is 11.5. The molecule has 5 rings (SSSR count). The molecule has 2 aromatic heterocycles. The van der Waals surface area contributed by atoms with Crippen LogP contribution < -0.4 is 4.90 Å². The second kappa shape index (κ2) is 7.83. The summed E-state index contributed by atoms with van der Waals surface area (Å²) in [5, 5.41) is 9.05. The molecule has 1 aromatic carbocycles. The van der Waals surface area contributed by atoms with E-state index in [0.717, 1.165) is 66.7 Å². The number of hydrogen-bond donors (Lipinski definition) is 2. The number of aromatic amines is 2. The van der Waals surface area contributed by atoms with Crippen molar-refractivity contribution in [1.82, 2.24) is 15.2 Å². The summed E-state index contributed by atoms with van der Waals surface area (Å²) in [6, 6.07) is 8.31. The van der Waals surface area contributed by atoms with Gasteiger partial charge in [0, 0.05) is 41.5 Å². The second-order valence-electron chi connectivity index (χ2n) is 9.97. The van der Waals surface area contributed by atoms with E-state index in [0.29, 0.717) is 11.8 Å². The molecular weight excluding hydrogens is 388 g/mol. The first kappa shape index (κ1) is 20.3. The van der Waals surface area contributed by atoms with Crippen molar-refractivity contribution in [1.29, 1.82) is 0 Å². The number of aromatic nitrogens is 3. The maximum Gasteiger partial charge on any atom is 0.229 e. The van der Waals surface area contributed by atoms with Crippen LogP contribution in [0, 0.1) is 5.41 Å². The second-order valence-corrected chi connectivity index (χ2v) is 9.97. The summed E-state index contributed by atoms with van der Waals surface area (Å²) < 4.78 is 5.74. The highest BCUT2D eigenvalue weighted by Gasteiger charge is 2.29. The van der Waals surface area contributed by atoms with Gasteiger partial charge in [-0.25, -0.2) is 0 Å². The van der Waals surface area contributed by atoms with E-state index >= 15 is 0 Å². The van der Waals surface area contributed by atoms with Crippen LogP contribution in [0.5, 0.6) is 0 Å². The van der Waals surface area contributed by atoms with Gasteiger partial charge in [-0.1, -0.05) is 19.9 Å². The van der Waals surface area contributed by atoms with E-state index in [1.54, 1.807) is 4.90 Å². The van der Waals surface area contributed by atoms with E-state index in [-0.39, 0.29) is 12.0 Å². The molecule has 1 unspecified atom stereocenters. The highest BCUT2D eigenvalue weighted by Crippen LogP contribution is 2.38. The van der Waals surface area contributed by atoms with Crippen LogP contribution in [0.25, 0.3) is 22.3 Å². The van der Waals surface area contributed by atoms with Gasteiger partial charge in [0.05, 0.1) is 18.2 Å². The van der Waals surface area contributed by atoms with E-state index < -0.39 is 0 Å². The minimum absolute atomic E-state index is 0.0559. The molecule has 2 N–H and O–H groups in total. The summed E-state index contributed by atoms with van der Waals surface area (Å²) in [6.45, 7) is 5.41. The van der Waals surface area contributed by atoms with E-state index in [1.165, 1.54) is 17.7 Å². The molecule has 1 saturated heterocycles. The van der Waals surface area contributed by atoms with Gasteiger partial charge in [0.1, 0.15) is 5.69 Å². The Hall–Kier alpha value is -2.60.